The van der Waals surface area contributed by atoms with Crippen molar-refractivity contribution in [3.8, 4) is 11.3 Å². The van der Waals surface area contributed by atoms with Crippen molar-refractivity contribution in [3.63, 3.8) is 0 Å². The number of H-pyrrole nitrogens is 1. The Labute approximate surface area is 101 Å². The summed E-state index contributed by atoms with van der Waals surface area (Å²) < 4.78 is 13.6. The van der Waals surface area contributed by atoms with Gasteiger partial charge < -0.3 is 5.32 Å². The third-order valence-corrected chi connectivity index (χ3v) is 2.81. The minimum Gasteiger partial charge on any atom is -0.369 e. The average molecular weight is 284 g/mol. The fourth-order valence-corrected chi connectivity index (χ4v) is 2.00. The van der Waals surface area contributed by atoms with Crippen LogP contribution in [0.4, 0.5) is 10.2 Å². The first-order valence-electron chi connectivity index (χ1n) is 4.95. The number of benzene rings is 1. The van der Waals surface area contributed by atoms with Gasteiger partial charge in [-0.05, 0) is 41.1 Å². The highest BCUT2D eigenvalue weighted by molar-refractivity contribution is 9.10. The van der Waals surface area contributed by atoms with Crippen LogP contribution in [0.5, 0.6) is 0 Å². The van der Waals surface area contributed by atoms with Gasteiger partial charge in [0.2, 0.25) is 0 Å². The van der Waals surface area contributed by atoms with E-state index in [-0.39, 0.29) is 5.82 Å². The number of aromatic nitrogens is 2. The van der Waals surface area contributed by atoms with Crippen molar-refractivity contribution in [1.82, 2.24) is 10.2 Å². The standard InChI is InChI=1S/C11H11BrFN3/c1-2-14-11-6-10(15-16-11)8-4-3-7(13)5-9(8)12/h3-6H,2H2,1H3,(H2,14,15,16). The molecule has 2 aromatic rings. The summed E-state index contributed by atoms with van der Waals surface area (Å²) in [5, 5.41) is 10.1. The molecule has 5 heteroatoms. The summed E-state index contributed by atoms with van der Waals surface area (Å²) in [6.07, 6.45) is 0. The number of halogens is 2. The molecule has 0 aliphatic carbocycles. The molecule has 3 nitrogen and oxygen atoms in total. The van der Waals surface area contributed by atoms with Gasteiger partial charge in [-0.25, -0.2) is 4.39 Å². The summed E-state index contributed by atoms with van der Waals surface area (Å²) in [5.41, 5.74) is 1.74. The number of nitrogens with zero attached hydrogens (tertiary/aromatic N) is 1. The summed E-state index contributed by atoms with van der Waals surface area (Å²) in [6, 6.07) is 6.46. The number of aromatic amines is 1. The Morgan fingerprint density at radius 3 is 2.94 bits per heavy atom. The van der Waals surface area contributed by atoms with E-state index in [9.17, 15) is 4.39 Å². The number of rotatable bonds is 3. The van der Waals surface area contributed by atoms with Crippen LogP contribution in [0.2, 0.25) is 0 Å². The van der Waals surface area contributed by atoms with E-state index < -0.39 is 0 Å². The highest BCUT2D eigenvalue weighted by Crippen LogP contribution is 2.28. The molecule has 16 heavy (non-hydrogen) atoms. The maximum absolute atomic E-state index is 12.9. The zero-order valence-corrected chi connectivity index (χ0v) is 10.3. The van der Waals surface area contributed by atoms with Gasteiger partial charge in [-0.3, -0.25) is 5.10 Å². The van der Waals surface area contributed by atoms with Gasteiger partial charge in [0, 0.05) is 22.6 Å². The highest BCUT2D eigenvalue weighted by Gasteiger charge is 2.07. The Hall–Kier alpha value is -1.36. The van der Waals surface area contributed by atoms with Gasteiger partial charge in [-0.1, -0.05) is 0 Å². The Morgan fingerprint density at radius 1 is 1.44 bits per heavy atom. The first kappa shape index (κ1) is 11.1. The van der Waals surface area contributed by atoms with Crippen molar-refractivity contribution in [3.05, 3.63) is 34.6 Å². The fraction of sp³-hybridized carbons (Fsp3) is 0.182. The zero-order valence-electron chi connectivity index (χ0n) is 8.72. The van der Waals surface area contributed by atoms with Crippen molar-refractivity contribution < 1.29 is 4.39 Å². The van der Waals surface area contributed by atoms with Crippen LogP contribution in [0.1, 0.15) is 6.92 Å². The second-order valence-electron chi connectivity index (χ2n) is 3.32. The first-order chi connectivity index (χ1) is 7.70. The van der Waals surface area contributed by atoms with Gasteiger partial charge in [0.05, 0.1) is 5.69 Å². The van der Waals surface area contributed by atoms with E-state index >= 15 is 0 Å². The SMILES string of the molecule is CCNc1cc(-c2ccc(F)cc2Br)[nH]n1. The van der Waals surface area contributed by atoms with Crippen LogP contribution >= 0.6 is 15.9 Å². The van der Waals surface area contributed by atoms with Crippen molar-refractivity contribution in [2.45, 2.75) is 6.92 Å². The molecule has 0 aliphatic heterocycles. The molecular weight excluding hydrogens is 273 g/mol. The van der Waals surface area contributed by atoms with E-state index in [4.69, 9.17) is 0 Å². The summed E-state index contributed by atoms with van der Waals surface area (Å²) in [4.78, 5) is 0. The lowest BCUT2D eigenvalue weighted by molar-refractivity contribution is 0.627. The number of anilines is 1. The molecular formula is C11H11BrFN3. The van der Waals surface area contributed by atoms with Gasteiger partial charge in [0.1, 0.15) is 11.6 Å². The number of hydrogen-bond donors (Lipinski definition) is 2. The van der Waals surface area contributed by atoms with Crippen LogP contribution in [0, 0.1) is 5.82 Å². The molecule has 0 saturated heterocycles. The molecule has 2 rings (SSSR count). The third-order valence-electron chi connectivity index (χ3n) is 2.16. The van der Waals surface area contributed by atoms with Crippen LogP contribution in [0.3, 0.4) is 0 Å². The van der Waals surface area contributed by atoms with Crippen LogP contribution in [0.15, 0.2) is 28.7 Å². The molecule has 0 saturated carbocycles. The summed E-state index contributed by atoms with van der Waals surface area (Å²) in [6.45, 7) is 2.82. The van der Waals surface area contributed by atoms with E-state index in [0.717, 1.165) is 23.6 Å². The molecule has 0 fully saturated rings. The van der Waals surface area contributed by atoms with Crippen LogP contribution in [0.25, 0.3) is 11.3 Å². The van der Waals surface area contributed by atoms with Gasteiger partial charge in [-0.15, -0.1) is 0 Å². The predicted molar refractivity (Wildman–Crippen MR) is 65.8 cm³/mol. The zero-order chi connectivity index (χ0) is 11.5. The van der Waals surface area contributed by atoms with Crippen LogP contribution < -0.4 is 5.32 Å². The van der Waals surface area contributed by atoms with Crippen molar-refractivity contribution in [2.75, 3.05) is 11.9 Å². The smallest absolute Gasteiger partial charge is 0.148 e. The second kappa shape index (κ2) is 4.65. The van der Waals surface area contributed by atoms with Crippen molar-refractivity contribution >= 4 is 21.7 Å². The summed E-state index contributed by atoms with van der Waals surface area (Å²) in [7, 11) is 0. The number of hydrogen-bond acceptors (Lipinski definition) is 2. The monoisotopic (exact) mass is 283 g/mol. The lowest BCUT2D eigenvalue weighted by Gasteiger charge is -2.00. The molecule has 0 amide bonds. The minimum atomic E-state index is -0.262. The third kappa shape index (κ3) is 2.24. The van der Waals surface area contributed by atoms with Crippen LogP contribution in [-0.2, 0) is 0 Å². The molecule has 0 unspecified atom stereocenters. The Morgan fingerprint density at radius 2 is 2.25 bits per heavy atom. The quantitative estimate of drug-likeness (QED) is 0.906. The molecule has 1 aromatic carbocycles. The maximum atomic E-state index is 12.9. The van der Waals surface area contributed by atoms with Gasteiger partial charge in [0.15, 0.2) is 0 Å². The Bertz CT molecular complexity index is 496. The summed E-state index contributed by atoms with van der Waals surface area (Å²) >= 11 is 3.32. The van der Waals surface area contributed by atoms with E-state index in [1.54, 1.807) is 6.07 Å². The maximum Gasteiger partial charge on any atom is 0.148 e. The molecule has 1 aromatic heterocycles. The van der Waals surface area contributed by atoms with E-state index in [1.807, 2.05) is 13.0 Å². The van der Waals surface area contributed by atoms with Gasteiger partial charge in [-0.2, -0.15) is 5.10 Å². The Balaban J connectivity index is 2.35. The molecule has 0 spiro atoms. The average Bonchev–Trinajstić information content (AvgIpc) is 2.67. The van der Waals surface area contributed by atoms with E-state index in [2.05, 4.69) is 31.4 Å². The molecule has 0 radical (unpaired) electrons. The minimum absolute atomic E-state index is 0.262. The van der Waals surface area contributed by atoms with E-state index in [0.29, 0.717) is 4.47 Å². The van der Waals surface area contributed by atoms with Crippen LogP contribution in [-0.4, -0.2) is 16.7 Å². The molecule has 0 bridgehead atoms. The first-order valence-corrected chi connectivity index (χ1v) is 5.74. The normalized spacial score (nSPS) is 10.4. The topological polar surface area (TPSA) is 40.7 Å². The predicted octanol–water partition coefficient (Wildman–Crippen LogP) is 3.41. The number of nitrogens with one attached hydrogen (secondary N) is 2. The summed E-state index contributed by atoms with van der Waals surface area (Å²) in [5.74, 6) is 0.524. The van der Waals surface area contributed by atoms with Gasteiger partial charge in [0.25, 0.3) is 0 Å². The molecule has 84 valence electrons. The molecule has 2 N–H and O–H groups in total. The largest absolute Gasteiger partial charge is 0.369 e. The Kier molecular flexibility index (Phi) is 3.24. The second-order valence-corrected chi connectivity index (χ2v) is 4.18. The lowest BCUT2D eigenvalue weighted by Crippen LogP contribution is -1.95. The lowest BCUT2D eigenvalue weighted by atomic mass is 10.1. The van der Waals surface area contributed by atoms with Crippen molar-refractivity contribution in [2.24, 2.45) is 0 Å². The van der Waals surface area contributed by atoms with Crippen molar-refractivity contribution in [1.29, 1.82) is 0 Å². The van der Waals surface area contributed by atoms with E-state index in [1.165, 1.54) is 12.1 Å². The highest BCUT2D eigenvalue weighted by atomic mass is 79.9. The molecule has 0 atom stereocenters. The molecule has 1 heterocycles. The molecule has 0 aliphatic rings. The fourth-order valence-electron chi connectivity index (χ4n) is 1.44. The van der Waals surface area contributed by atoms with Gasteiger partial charge >= 0.3 is 0 Å².